The van der Waals surface area contributed by atoms with Crippen LogP contribution >= 0.6 is 0 Å². The molecule has 74 valence electrons. The number of aryl methyl sites for hydroxylation is 1. The number of rotatable bonds is 2. The third-order valence-corrected chi connectivity index (χ3v) is 2.13. The molecule has 2 rings (SSSR count). The molecule has 0 amide bonds. The van der Waals surface area contributed by atoms with E-state index in [2.05, 4.69) is 5.16 Å². The minimum absolute atomic E-state index is 0.141. The lowest BCUT2D eigenvalue weighted by Gasteiger charge is -1.96. The smallest absolute Gasteiger partial charge is 0.171 e. The molecule has 1 aromatic heterocycles. The van der Waals surface area contributed by atoms with Gasteiger partial charge < -0.3 is 14.7 Å². The maximum absolute atomic E-state index is 9.31. The van der Waals surface area contributed by atoms with Gasteiger partial charge in [-0.3, -0.25) is 0 Å². The molecule has 2 aromatic rings. The fourth-order valence-electron chi connectivity index (χ4n) is 1.43. The summed E-state index contributed by atoms with van der Waals surface area (Å²) in [4.78, 5) is 0. The Kier molecular flexibility index (Phi) is 2.04. The lowest BCUT2D eigenvalue weighted by atomic mass is 10.1. The molecule has 0 saturated heterocycles. The van der Waals surface area contributed by atoms with E-state index in [1.807, 2.05) is 6.92 Å². The standard InChI is InChI=1S/C10H11NO3/c1-2-3-7-6-4-8(12)9(13)5-10(6)14-11-7/h4-5,12-13H,2-3H2,1H3. The molecule has 1 aromatic carbocycles. The SMILES string of the molecule is CCCc1noc2cc(O)c(O)cc12. The summed E-state index contributed by atoms with van der Waals surface area (Å²) in [5.41, 5.74) is 1.32. The Morgan fingerprint density at radius 2 is 2.00 bits per heavy atom. The van der Waals surface area contributed by atoms with Crippen molar-refractivity contribution in [2.24, 2.45) is 0 Å². The van der Waals surface area contributed by atoms with Gasteiger partial charge in [0.15, 0.2) is 17.1 Å². The molecule has 2 N–H and O–H groups in total. The Bertz CT molecular complexity index is 462. The number of aromatic hydroxyl groups is 2. The summed E-state index contributed by atoms with van der Waals surface area (Å²) in [6.07, 6.45) is 1.76. The van der Waals surface area contributed by atoms with Crippen LogP contribution in [0, 0.1) is 0 Å². The first kappa shape index (κ1) is 8.87. The average molecular weight is 193 g/mol. The second kappa shape index (κ2) is 3.21. The molecule has 0 bridgehead atoms. The molecule has 1 heterocycles. The van der Waals surface area contributed by atoms with Crippen molar-refractivity contribution in [3.05, 3.63) is 17.8 Å². The second-order valence-electron chi connectivity index (χ2n) is 3.22. The van der Waals surface area contributed by atoms with Crippen LogP contribution in [0.25, 0.3) is 11.0 Å². The normalized spacial score (nSPS) is 10.9. The van der Waals surface area contributed by atoms with E-state index in [1.54, 1.807) is 0 Å². The van der Waals surface area contributed by atoms with Gasteiger partial charge in [0.25, 0.3) is 0 Å². The van der Waals surface area contributed by atoms with Crippen LogP contribution in [0.5, 0.6) is 11.5 Å². The van der Waals surface area contributed by atoms with Crippen LogP contribution in [0.15, 0.2) is 16.7 Å². The molecule has 0 unspecified atom stereocenters. The van der Waals surface area contributed by atoms with Crippen LogP contribution < -0.4 is 0 Å². The van der Waals surface area contributed by atoms with Gasteiger partial charge in [0.1, 0.15) is 0 Å². The van der Waals surface area contributed by atoms with Crippen molar-refractivity contribution in [1.29, 1.82) is 0 Å². The molecule has 0 spiro atoms. The molecule has 0 aliphatic rings. The van der Waals surface area contributed by atoms with Crippen molar-refractivity contribution in [1.82, 2.24) is 5.16 Å². The first-order chi connectivity index (χ1) is 6.72. The number of phenolic OH excluding ortho intramolecular Hbond substituents is 2. The third-order valence-electron chi connectivity index (χ3n) is 2.13. The van der Waals surface area contributed by atoms with Crippen LogP contribution in [0.2, 0.25) is 0 Å². The molecular weight excluding hydrogens is 182 g/mol. The Labute approximate surface area is 80.8 Å². The zero-order chi connectivity index (χ0) is 10.1. The second-order valence-corrected chi connectivity index (χ2v) is 3.22. The summed E-state index contributed by atoms with van der Waals surface area (Å²) in [7, 11) is 0. The van der Waals surface area contributed by atoms with Gasteiger partial charge in [0.05, 0.1) is 5.69 Å². The summed E-state index contributed by atoms with van der Waals surface area (Å²) in [6.45, 7) is 2.04. The highest BCUT2D eigenvalue weighted by molar-refractivity contribution is 5.83. The number of aromatic nitrogens is 1. The molecule has 14 heavy (non-hydrogen) atoms. The average Bonchev–Trinajstić information content (AvgIpc) is 2.51. The fraction of sp³-hybridized carbons (Fsp3) is 0.300. The Balaban J connectivity index is 2.61. The van der Waals surface area contributed by atoms with Gasteiger partial charge in [-0.2, -0.15) is 0 Å². The van der Waals surface area contributed by atoms with E-state index >= 15 is 0 Å². The van der Waals surface area contributed by atoms with E-state index in [-0.39, 0.29) is 11.5 Å². The van der Waals surface area contributed by atoms with Crippen LogP contribution in [0.3, 0.4) is 0 Å². The van der Waals surface area contributed by atoms with Crippen LogP contribution in [-0.4, -0.2) is 15.4 Å². The van der Waals surface area contributed by atoms with Crippen molar-refractivity contribution in [2.45, 2.75) is 19.8 Å². The lowest BCUT2D eigenvalue weighted by Crippen LogP contribution is -1.82. The Hall–Kier alpha value is -1.71. The number of benzene rings is 1. The molecule has 0 aliphatic heterocycles. The first-order valence-electron chi connectivity index (χ1n) is 4.52. The van der Waals surface area contributed by atoms with Crippen LogP contribution in [0.1, 0.15) is 19.0 Å². The van der Waals surface area contributed by atoms with E-state index in [0.717, 1.165) is 23.9 Å². The molecule has 0 atom stereocenters. The van der Waals surface area contributed by atoms with E-state index in [1.165, 1.54) is 12.1 Å². The van der Waals surface area contributed by atoms with Crippen LogP contribution in [0.4, 0.5) is 0 Å². The van der Waals surface area contributed by atoms with Gasteiger partial charge in [-0.05, 0) is 12.5 Å². The number of phenols is 2. The zero-order valence-electron chi connectivity index (χ0n) is 7.82. The van der Waals surface area contributed by atoms with Gasteiger partial charge in [-0.25, -0.2) is 0 Å². The number of fused-ring (bicyclic) bond motifs is 1. The summed E-state index contributed by atoms with van der Waals surface area (Å²) in [5, 5.41) is 23.2. The largest absolute Gasteiger partial charge is 0.504 e. The lowest BCUT2D eigenvalue weighted by molar-refractivity contribution is 0.401. The minimum atomic E-state index is -0.184. The zero-order valence-corrected chi connectivity index (χ0v) is 7.82. The highest BCUT2D eigenvalue weighted by Gasteiger charge is 2.10. The van der Waals surface area contributed by atoms with Gasteiger partial charge in [-0.1, -0.05) is 18.5 Å². The Morgan fingerprint density at radius 3 is 2.71 bits per heavy atom. The highest BCUT2D eigenvalue weighted by atomic mass is 16.5. The summed E-state index contributed by atoms with van der Waals surface area (Å²) in [5.74, 6) is -0.324. The summed E-state index contributed by atoms with van der Waals surface area (Å²) in [6, 6.07) is 2.85. The summed E-state index contributed by atoms with van der Waals surface area (Å²) < 4.78 is 5.02. The molecule has 0 fully saturated rings. The van der Waals surface area contributed by atoms with E-state index in [4.69, 9.17) is 4.52 Å². The topological polar surface area (TPSA) is 66.5 Å². The molecule has 4 nitrogen and oxygen atoms in total. The maximum atomic E-state index is 9.31. The van der Waals surface area contributed by atoms with Gasteiger partial charge in [0, 0.05) is 11.5 Å². The predicted molar refractivity (Wildman–Crippen MR) is 51.3 cm³/mol. The van der Waals surface area contributed by atoms with Crippen molar-refractivity contribution < 1.29 is 14.7 Å². The number of nitrogens with zero attached hydrogens (tertiary/aromatic N) is 1. The van der Waals surface area contributed by atoms with Gasteiger partial charge in [-0.15, -0.1) is 0 Å². The summed E-state index contributed by atoms with van der Waals surface area (Å²) >= 11 is 0. The molecular formula is C10H11NO3. The van der Waals surface area contributed by atoms with Gasteiger partial charge >= 0.3 is 0 Å². The molecule has 0 saturated carbocycles. The highest BCUT2D eigenvalue weighted by Crippen LogP contribution is 2.31. The van der Waals surface area contributed by atoms with Gasteiger partial charge in [0.2, 0.25) is 0 Å². The monoisotopic (exact) mass is 193 g/mol. The predicted octanol–water partition coefficient (Wildman–Crippen LogP) is 2.19. The van der Waals surface area contributed by atoms with Crippen molar-refractivity contribution in [3.63, 3.8) is 0 Å². The quantitative estimate of drug-likeness (QED) is 0.717. The molecule has 4 heteroatoms. The fourth-order valence-corrected chi connectivity index (χ4v) is 1.43. The van der Waals surface area contributed by atoms with Crippen molar-refractivity contribution >= 4 is 11.0 Å². The minimum Gasteiger partial charge on any atom is -0.504 e. The Morgan fingerprint density at radius 1 is 1.29 bits per heavy atom. The first-order valence-corrected chi connectivity index (χ1v) is 4.52. The molecule has 0 radical (unpaired) electrons. The van der Waals surface area contributed by atoms with Crippen molar-refractivity contribution in [3.8, 4) is 11.5 Å². The number of hydrogen-bond donors (Lipinski definition) is 2. The van der Waals surface area contributed by atoms with E-state index in [9.17, 15) is 10.2 Å². The van der Waals surface area contributed by atoms with Crippen LogP contribution in [-0.2, 0) is 6.42 Å². The van der Waals surface area contributed by atoms with E-state index in [0.29, 0.717) is 5.58 Å². The van der Waals surface area contributed by atoms with E-state index < -0.39 is 0 Å². The third kappa shape index (κ3) is 1.28. The molecule has 0 aliphatic carbocycles. The maximum Gasteiger partial charge on any atom is 0.171 e. The van der Waals surface area contributed by atoms with Crippen molar-refractivity contribution in [2.75, 3.05) is 0 Å². The number of hydrogen-bond acceptors (Lipinski definition) is 4.